The van der Waals surface area contributed by atoms with Crippen molar-refractivity contribution in [1.29, 1.82) is 5.26 Å². The lowest BCUT2D eigenvalue weighted by Gasteiger charge is -2.12. The Kier molecular flexibility index (Phi) is 6.79. The molecule has 0 spiro atoms. The average molecular weight is 569 g/mol. The number of esters is 1. The van der Waals surface area contributed by atoms with Crippen molar-refractivity contribution in [3.63, 3.8) is 0 Å². The van der Waals surface area contributed by atoms with Gasteiger partial charge in [0.05, 0.1) is 28.1 Å². The second-order valence-corrected chi connectivity index (χ2v) is 11.8. The van der Waals surface area contributed by atoms with Crippen LogP contribution in [-0.2, 0) is 19.6 Å². The Hall–Kier alpha value is -3.62. The first kappa shape index (κ1) is 25.0. The molecule has 0 aliphatic rings. The van der Waals surface area contributed by atoms with E-state index in [1.807, 2.05) is 17.5 Å². The molecule has 0 amide bonds. The third-order valence-electron chi connectivity index (χ3n) is 5.62. The third kappa shape index (κ3) is 4.51. The molecule has 3 aromatic heterocycles. The maximum atomic E-state index is 14.1. The van der Waals surface area contributed by atoms with Crippen molar-refractivity contribution >= 4 is 61.2 Å². The molecule has 0 fully saturated rings. The van der Waals surface area contributed by atoms with Gasteiger partial charge in [0.15, 0.2) is 6.61 Å². The van der Waals surface area contributed by atoms with Gasteiger partial charge in [0.25, 0.3) is 10.0 Å². The van der Waals surface area contributed by atoms with Gasteiger partial charge in [0, 0.05) is 21.5 Å². The predicted octanol–water partition coefficient (Wildman–Crippen LogP) is 6.41. The van der Waals surface area contributed by atoms with Gasteiger partial charge in [-0.2, -0.15) is 5.26 Å². The second kappa shape index (κ2) is 10.0. The van der Waals surface area contributed by atoms with Crippen molar-refractivity contribution in [1.82, 2.24) is 3.97 Å². The lowest BCUT2D eigenvalue weighted by molar-refractivity contribution is -0.142. The lowest BCUT2D eigenvalue weighted by Crippen LogP contribution is -2.14. The number of carbonyl (C=O) groups excluding carboxylic acids is 1. The van der Waals surface area contributed by atoms with Crippen LogP contribution in [0.2, 0.25) is 5.02 Å². The summed E-state index contributed by atoms with van der Waals surface area (Å²) in [5.41, 5.74) is 2.02. The normalized spacial score (nSPS) is 11.4. The molecule has 0 radical (unpaired) electrons. The SMILES string of the molecule is COC(=O)COc1ccc2c(c1)c(-c1ccsc1C#N)c(-c1cccs1)n2S(=O)(=O)c1ccc(Cl)cc1. The van der Waals surface area contributed by atoms with E-state index in [0.29, 0.717) is 48.3 Å². The Bertz CT molecular complexity index is 1760. The largest absolute Gasteiger partial charge is 0.482 e. The fourth-order valence-corrected chi connectivity index (χ4v) is 7.18. The van der Waals surface area contributed by atoms with E-state index in [4.69, 9.17) is 16.3 Å². The number of benzene rings is 2. The third-order valence-corrected chi connectivity index (χ3v) is 9.30. The molecule has 7 nitrogen and oxygen atoms in total. The lowest BCUT2D eigenvalue weighted by atomic mass is 10.0. The number of halogens is 1. The molecule has 37 heavy (non-hydrogen) atoms. The monoisotopic (exact) mass is 568 g/mol. The molecule has 0 unspecified atom stereocenters. The minimum Gasteiger partial charge on any atom is -0.482 e. The van der Waals surface area contributed by atoms with Gasteiger partial charge in [-0.05, 0) is 65.4 Å². The Labute approximate surface area is 225 Å². The van der Waals surface area contributed by atoms with Gasteiger partial charge in [0.2, 0.25) is 0 Å². The molecular weight excluding hydrogens is 552 g/mol. The molecule has 0 saturated heterocycles. The highest BCUT2D eigenvalue weighted by atomic mass is 35.5. The fraction of sp³-hybridized carbons (Fsp3) is 0.0769. The van der Waals surface area contributed by atoms with Gasteiger partial charge in [0.1, 0.15) is 16.7 Å². The number of carbonyl (C=O) groups is 1. The van der Waals surface area contributed by atoms with E-state index in [2.05, 4.69) is 10.8 Å². The molecule has 0 bridgehead atoms. The maximum absolute atomic E-state index is 14.1. The van der Waals surface area contributed by atoms with E-state index >= 15 is 0 Å². The zero-order valence-electron chi connectivity index (χ0n) is 19.2. The van der Waals surface area contributed by atoms with Gasteiger partial charge in [-0.3, -0.25) is 0 Å². The summed E-state index contributed by atoms with van der Waals surface area (Å²) in [4.78, 5) is 12.9. The summed E-state index contributed by atoms with van der Waals surface area (Å²) in [5.74, 6) is -0.196. The van der Waals surface area contributed by atoms with Crippen LogP contribution in [0.1, 0.15) is 4.88 Å². The van der Waals surface area contributed by atoms with Crippen LogP contribution >= 0.6 is 34.3 Å². The molecule has 5 aromatic rings. The summed E-state index contributed by atoms with van der Waals surface area (Å²) >= 11 is 8.68. The van der Waals surface area contributed by atoms with Crippen LogP contribution in [0.5, 0.6) is 5.75 Å². The highest BCUT2D eigenvalue weighted by Gasteiger charge is 2.30. The summed E-state index contributed by atoms with van der Waals surface area (Å²) in [6.45, 7) is -0.305. The molecule has 0 atom stereocenters. The molecule has 0 aliphatic carbocycles. The molecule has 2 aromatic carbocycles. The van der Waals surface area contributed by atoms with Crippen molar-refractivity contribution in [2.24, 2.45) is 0 Å². The summed E-state index contributed by atoms with van der Waals surface area (Å²) in [6.07, 6.45) is 0. The van der Waals surface area contributed by atoms with Crippen LogP contribution in [0.25, 0.3) is 32.6 Å². The van der Waals surface area contributed by atoms with Gasteiger partial charge in [-0.1, -0.05) is 17.7 Å². The minimum atomic E-state index is -4.10. The maximum Gasteiger partial charge on any atom is 0.343 e. The first-order chi connectivity index (χ1) is 17.8. The molecule has 0 saturated carbocycles. The van der Waals surface area contributed by atoms with Crippen molar-refractivity contribution in [2.45, 2.75) is 4.90 Å². The van der Waals surface area contributed by atoms with Crippen LogP contribution in [0.4, 0.5) is 0 Å². The first-order valence-corrected chi connectivity index (χ1v) is 14.3. The second-order valence-electron chi connectivity index (χ2n) is 7.74. The number of hydrogen-bond donors (Lipinski definition) is 0. The average Bonchev–Trinajstić information content (AvgIpc) is 3.65. The van der Waals surface area contributed by atoms with Gasteiger partial charge in [-0.15, -0.1) is 22.7 Å². The van der Waals surface area contributed by atoms with E-state index in [-0.39, 0.29) is 11.5 Å². The quantitative estimate of drug-likeness (QED) is 0.210. The molecular formula is C26H17ClN2O5S3. The number of fused-ring (bicyclic) bond motifs is 1. The topological polar surface area (TPSA) is 98.4 Å². The van der Waals surface area contributed by atoms with E-state index in [9.17, 15) is 18.5 Å². The zero-order valence-corrected chi connectivity index (χ0v) is 22.4. The van der Waals surface area contributed by atoms with E-state index < -0.39 is 16.0 Å². The molecule has 11 heteroatoms. The minimum absolute atomic E-state index is 0.0648. The van der Waals surface area contributed by atoms with Crippen molar-refractivity contribution in [3.05, 3.63) is 81.3 Å². The van der Waals surface area contributed by atoms with Gasteiger partial charge in [-0.25, -0.2) is 17.2 Å². The van der Waals surface area contributed by atoms with Crippen LogP contribution in [0.15, 0.2) is 76.3 Å². The summed E-state index contributed by atoms with van der Waals surface area (Å²) in [5, 5.41) is 14.4. The standard InChI is InChI=1S/C26H17ClN2O5S3/c1-33-24(30)15-34-17-6-9-21-20(13-17)25(19-10-12-36-23(19)14-28)26(22-3-2-11-35-22)29(21)37(31,32)18-7-4-16(27)5-8-18/h2-13H,15H2,1H3. The fourth-order valence-electron chi connectivity index (χ4n) is 4.00. The number of rotatable bonds is 7. The van der Waals surface area contributed by atoms with E-state index in [0.717, 1.165) is 0 Å². The Morgan fingerprint density at radius 1 is 1.08 bits per heavy atom. The van der Waals surface area contributed by atoms with Crippen molar-refractivity contribution in [3.8, 4) is 33.5 Å². The number of ether oxygens (including phenoxy) is 2. The Morgan fingerprint density at radius 2 is 1.86 bits per heavy atom. The molecule has 5 rings (SSSR count). The van der Waals surface area contributed by atoms with Crippen LogP contribution in [0, 0.1) is 11.3 Å². The van der Waals surface area contributed by atoms with E-state index in [1.165, 1.54) is 58.0 Å². The van der Waals surface area contributed by atoms with Crippen LogP contribution in [-0.4, -0.2) is 32.1 Å². The molecule has 3 heterocycles. The summed E-state index contributed by atoms with van der Waals surface area (Å²) in [6, 6.07) is 18.6. The number of thiophene rings is 2. The summed E-state index contributed by atoms with van der Waals surface area (Å²) < 4.78 is 39.8. The molecule has 0 aliphatic heterocycles. The summed E-state index contributed by atoms with van der Waals surface area (Å²) in [7, 11) is -2.84. The number of methoxy groups -OCH3 is 1. The van der Waals surface area contributed by atoms with Gasteiger partial charge < -0.3 is 9.47 Å². The molecule has 186 valence electrons. The predicted molar refractivity (Wildman–Crippen MR) is 145 cm³/mol. The number of nitrogens with zero attached hydrogens (tertiary/aromatic N) is 2. The van der Waals surface area contributed by atoms with Crippen LogP contribution < -0.4 is 4.74 Å². The van der Waals surface area contributed by atoms with Gasteiger partial charge >= 0.3 is 5.97 Å². The van der Waals surface area contributed by atoms with Crippen molar-refractivity contribution in [2.75, 3.05) is 13.7 Å². The zero-order chi connectivity index (χ0) is 26.2. The van der Waals surface area contributed by atoms with E-state index in [1.54, 1.807) is 29.6 Å². The van der Waals surface area contributed by atoms with Crippen LogP contribution in [0.3, 0.4) is 0 Å². The number of hydrogen-bond acceptors (Lipinski definition) is 8. The highest BCUT2D eigenvalue weighted by molar-refractivity contribution is 7.90. The highest BCUT2D eigenvalue weighted by Crippen LogP contribution is 2.46. The molecule has 0 N–H and O–H groups in total. The Morgan fingerprint density at radius 3 is 2.54 bits per heavy atom. The number of nitriles is 1. The first-order valence-electron chi connectivity index (χ1n) is 10.8. The van der Waals surface area contributed by atoms with Crippen molar-refractivity contribution < 1.29 is 22.7 Å². The smallest absolute Gasteiger partial charge is 0.343 e. The Balaban J connectivity index is 1.87. The number of aromatic nitrogens is 1.